The van der Waals surface area contributed by atoms with Gasteiger partial charge in [0.2, 0.25) is 5.91 Å². The Kier molecular flexibility index (Phi) is 11.5. The summed E-state index contributed by atoms with van der Waals surface area (Å²) in [4.78, 5) is 36.0. The number of nitrogens with one attached hydrogen (secondary N) is 2. The van der Waals surface area contributed by atoms with Gasteiger partial charge in [0.25, 0.3) is 0 Å². The Morgan fingerprint density at radius 2 is 1.53 bits per heavy atom. The summed E-state index contributed by atoms with van der Waals surface area (Å²) in [5.41, 5.74) is -0.186. The summed E-state index contributed by atoms with van der Waals surface area (Å²) >= 11 is 3.47. The lowest BCUT2D eigenvalue weighted by Crippen LogP contribution is -2.47. The van der Waals surface area contributed by atoms with E-state index in [-0.39, 0.29) is 28.6 Å². The van der Waals surface area contributed by atoms with Crippen LogP contribution in [0.15, 0.2) is 0 Å². The molecule has 30 heavy (non-hydrogen) atoms. The van der Waals surface area contributed by atoms with Crippen LogP contribution in [-0.4, -0.2) is 65.4 Å². The van der Waals surface area contributed by atoms with Crippen molar-refractivity contribution >= 4 is 48.7 Å². The molecule has 0 heterocycles. The number of Topliss-reactive ketones (excluding diaryl/α,β-unsaturated/α-hetero) is 1. The molecule has 172 valence electrons. The molecular formula is C22H41BN2O3S2. The van der Waals surface area contributed by atoms with Gasteiger partial charge in [-0.05, 0) is 52.9 Å². The van der Waals surface area contributed by atoms with Gasteiger partial charge in [-0.25, -0.2) is 0 Å². The molecule has 1 aliphatic carbocycles. The van der Waals surface area contributed by atoms with E-state index in [0.717, 1.165) is 32.1 Å². The number of unbranched alkanes of at least 4 members (excludes halogenated alkanes) is 1. The molecule has 0 aromatic carbocycles. The maximum atomic E-state index is 12.1. The fourth-order valence-electron chi connectivity index (χ4n) is 3.05. The van der Waals surface area contributed by atoms with Gasteiger partial charge in [0.05, 0.1) is 23.2 Å². The fourth-order valence-corrected chi connectivity index (χ4v) is 6.10. The molecule has 0 spiro atoms. The molecule has 1 saturated carbocycles. The van der Waals surface area contributed by atoms with E-state index in [4.69, 9.17) is 0 Å². The van der Waals surface area contributed by atoms with E-state index in [2.05, 4.69) is 31.4 Å². The predicted octanol–water partition coefficient (Wildman–Crippen LogP) is 2.80. The molecule has 0 aromatic heterocycles. The van der Waals surface area contributed by atoms with E-state index in [1.807, 2.05) is 20.8 Å². The minimum atomic E-state index is -0.271. The molecule has 8 heteroatoms. The first kappa shape index (κ1) is 27.6. The first-order valence-electron chi connectivity index (χ1n) is 11.1. The maximum absolute atomic E-state index is 12.1. The molecule has 0 bridgehead atoms. The standard InChI is InChI=1S/C22H41BN2O3S2/c1-21(2,3)18(26)13-29-16-10-11-17(16)30-14-19(27)24-12-8-7-9-15(20(23)28)25-22(4,5)6/h15-17,25H,7-14,23H2,1-6H3,(H,24,27)/t15-,16?,17?/m0/s1. The second-order valence-corrected chi connectivity index (χ2v) is 12.8. The lowest BCUT2D eigenvalue weighted by Gasteiger charge is -2.35. The van der Waals surface area contributed by atoms with Crippen molar-refractivity contribution in [2.75, 3.05) is 18.1 Å². The number of carbonyl (C=O) groups excluding carboxylic acids is 3. The van der Waals surface area contributed by atoms with Crippen molar-refractivity contribution in [1.82, 2.24) is 10.6 Å². The zero-order valence-corrected chi connectivity index (χ0v) is 21.6. The first-order chi connectivity index (χ1) is 13.8. The van der Waals surface area contributed by atoms with Crippen LogP contribution in [0, 0.1) is 5.41 Å². The summed E-state index contributed by atoms with van der Waals surface area (Å²) in [5, 5.41) is 7.34. The number of hydrogen-bond donors (Lipinski definition) is 2. The summed E-state index contributed by atoms with van der Waals surface area (Å²) in [7, 11) is 1.63. The van der Waals surface area contributed by atoms with Crippen LogP contribution in [0.2, 0.25) is 0 Å². The summed E-state index contributed by atoms with van der Waals surface area (Å²) < 4.78 is 0. The molecule has 1 fully saturated rings. The van der Waals surface area contributed by atoms with Gasteiger partial charge >= 0.3 is 0 Å². The second-order valence-electron chi connectivity index (χ2n) is 10.4. The molecule has 0 aliphatic heterocycles. The highest BCUT2D eigenvalue weighted by Crippen LogP contribution is 2.40. The molecule has 3 atom stereocenters. The SMILES string of the molecule is BC(=O)[C@H](CCCCNC(=O)CSC1CCC1SCC(=O)C(C)(C)C)NC(C)(C)C. The van der Waals surface area contributed by atoms with Gasteiger partial charge in [0.1, 0.15) is 5.78 Å². The average Bonchev–Trinajstić information content (AvgIpc) is 2.57. The number of hydrogen-bond acceptors (Lipinski definition) is 6. The summed E-state index contributed by atoms with van der Waals surface area (Å²) in [6.07, 6.45) is 4.85. The Morgan fingerprint density at radius 3 is 2.00 bits per heavy atom. The normalized spacial score (nSPS) is 20.3. The minimum absolute atomic E-state index is 0.0809. The molecule has 0 saturated heterocycles. The van der Waals surface area contributed by atoms with Crippen molar-refractivity contribution in [3.8, 4) is 0 Å². The number of carbonyl (C=O) groups is 3. The number of rotatable bonds is 13. The van der Waals surface area contributed by atoms with E-state index in [1.165, 1.54) is 0 Å². The Balaban J connectivity index is 2.16. The van der Waals surface area contributed by atoms with E-state index in [9.17, 15) is 14.4 Å². The van der Waals surface area contributed by atoms with Gasteiger partial charge in [0, 0.05) is 28.0 Å². The zero-order chi connectivity index (χ0) is 22.9. The van der Waals surface area contributed by atoms with Crippen LogP contribution in [0.4, 0.5) is 0 Å². The molecule has 2 N–H and O–H groups in total. The van der Waals surface area contributed by atoms with E-state index in [1.54, 1.807) is 31.4 Å². The van der Waals surface area contributed by atoms with Crippen LogP contribution in [0.25, 0.3) is 0 Å². The van der Waals surface area contributed by atoms with E-state index < -0.39 is 0 Å². The molecule has 0 aromatic rings. The largest absolute Gasteiger partial charge is 0.355 e. The molecule has 2 unspecified atom stereocenters. The molecular weight excluding hydrogens is 415 g/mol. The molecule has 1 rings (SSSR count). The third kappa shape index (κ3) is 11.2. The number of ketones is 1. The van der Waals surface area contributed by atoms with Crippen molar-refractivity contribution < 1.29 is 14.4 Å². The van der Waals surface area contributed by atoms with Gasteiger partial charge in [-0.3, -0.25) is 9.59 Å². The summed E-state index contributed by atoms with van der Waals surface area (Å²) in [6, 6.07) is -0.116. The molecule has 1 amide bonds. The van der Waals surface area contributed by atoms with Crippen molar-refractivity contribution in [2.45, 2.75) is 95.7 Å². The van der Waals surface area contributed by atoms with Gasteiger partial charge in [-0.1, -0.05) is 20.8 Å². The third-order valence-corrected chi connectivity index (χ3v) is 8.20. The number of thioether (sulfide) groups is 2. The van der Waals surface area contributed by atoms with Crippen LogP contribution >= 0.6 is 23.5 Å². The highest BCUT2D eigenvalue weighted by atomic mass is 32.2. The topological polar surface area (TPSA) is 75.3 Å². The van der Waals surface area contributed by atoms with Crippen LogP contribution < -0.4 is 10.6 Å². The minimum Gasteiger partial charge on any atom is -0.355 e. The number of amides is 1. The molecule has 1 aliphatic rings. The van der Waals surface area contributed by atoms with Crippen molar-refractivity contribution in [3.63, 3.8) is 0 Å². The van der Waals surface area contributed by atoms with Crippen molar-refractivity contribution in [3.05, 3.63) is 0 Å². The van der Waals surface area contributed by atoms with E-state index >= 15 is 0 Å². The van der Waals surface area contributed by atoms with Gasteiger partial charge in [-0.15, -0.1) is 23.5 Å². The van der Waals surface area contributed by atoms with Gasteiger partial charge in [0.15, 0.2) is 7.85 Å². The quantitative estimate of drug-likeness (QED) is 0.328. The lowest BCUT2D eigenvalue weighted by atomic mass is 9.89. The second kappa shape index (κ2) is 12.5. The Morgan fingerprint density at radius 1 is 0.967 bits per heavy atom. The average molecular weight is 457 g/mol. The van der Waals surface area contributed by atoms with Crippen LogP contribution in [0.5, 0.6) is 0 Å². The third-order valence-electron chi connectivity index (χ3n) is 5.18. The van der Waals surface area contributed by atoms with Gasteiger partial charge < -0.3 is 15.4 Å². The first-order valence-corrected chi connectivity index (χ1v) is 13.2. The molecule has 5 nitrogen and oxygen atoms in total. The Labute approximate surface area is 192 Å². The maximum Gasteiger partial charge on any atom is 0.230 e. The highest BCUT2D eigenvalue weighted by Gasteiger charge is 2.33. The zero-order valence-electron chi connectivity index (χ0n) is 19.9. The summed E-state index contributed by atoms with van der Waals surface area (Å²) in [5.74, 6) is 1.43. The Hall–Kier alpha value is -0.465. The van der Waals surface area contributed by atoms with E-state index in [0.29, 0.717) is 34.3 Å². The highest BCUT2D eigenvalue weighted by molar-refractivity contribution is 8.04. The summed E-state index contributed by atoms with van der Waals surface area (Å²) in [6.45, 7) is 12.7. The van der Waals surface area contributed by atoms with Crippen molar-refractivity contribution in [1.29, 1.82) is 0 Å². The monoisotopic (exact) mass is 456 g/mol. The lowest BCUT2D eigenvalue weighted by molar-refractivity contribution is -0.123. The van der Waals surface area contributed by atoms with Crippen molar-refractivity contribution in [2.24, 2.45) is 5.41 Å². The van der Waals surface area contributed by atoms with Crippen LogP contribution in [0.3, 0.4) is 0 Å². The molecule has 0 radical (unpaired) electrons. The predicted molar refractivity (Wildman–Crippen MR) is 133 cm³/mol. The van der Waals surface area contributed by atoms with Crippen LogP contribution in [-0.2, 0) is 14.4 Å². The van der Waals surface area contributed by atoms with Gasteiger partial charge in [-0.2, -0.15) is 0 Å². The van der Waals surface area contributed by atoms with Crippen LogP contribution in [0.1, 0.15) is 73.6 Å². The Bertz CT molecular complexity index is 588. The smallest absolute Gasteiger partial charge is 0.230 e. The fraction of sp³-hybridized carbons (Fsp3) is 0.864.